The first-order valence-corrected chi connectivity index (χ1v) is 9.78. The van der Waals surface area contributed by atoms with Crippen LogP contribution in [-0.2, 0) is 21.6 Å². The normalized spacial score (nSPS) is 18.0. The molecule has 1 aliphatic heterocycles. The van der Waals surface area contributed by atoms with Crippen molar-refractivity contribution in [2.24, 2.45) is 0 Å². The number of rotatable bonds is 4. The van der Waals surface area contributed by atoms with Gasteiger partial charge < -0.3 is 14.5 Å². The number of benzene rings is 3. The summed E-state index contributed by atoms with van der Waals surface area (Å²) in [5.74, 6) is -0.214. The zero-order chi connectivity index (χ0) is 20.6. The fourth-order valence-corrected chi connectivity index (χ4v) is 4.03. The van der Waals surface area contributed by atoms with E-state index in [1.165, 1.54) is 0 Å². The molecule has 148 valence electrons. The molecular formula is C25H26N2O2. The first kappa shape index (κ1) is 19.1. The molecule has 4 rings (SSSR count). The Morgan fingerprint density at radius 1 is 0.759 bits per heavy atom. The Labute approximate surface area is 172 Å². The third-order valence-corrected chi connectivity index (χ3v) is 5.56. The SMILES string of the molecule is CN(C)c1ccc(C2(c3ccccc3)OC(=O)Cc3cc(N(C)C)ccc32)cc1. The van der Waals surface area contributed by atoms with Crippen LogP contribution in [0.25, 0.3) is 0 Å². The molecule has 0 aromatic heterocycles. The van der Waals surface area contributed by atoms with Crippen molar-refractivity contribution in [1.29, 1.82) is 0 Å². The van der Waals surface area contributed by atoms with Gasteiger partial charge >= 0.3 is 5.97 Å². The Balaban J connectivity index is 1.99. The number of ether oxygens (including phenoxy) is 1. The van der Waals surface area contributed by atoms with Crippen LogP contribution in [0.4, 0.5) is 11.4 Å². The van der Waals surface area contributed by atoms with Gasteiger partial charge in [0.25, 0.3) is 0 Å². The second kappa shape index (κ2) is 7.28. The van der Waals surface area contributed by atoms with Crippen LogP contribution in [0.2, 0.25) is 0 Å². The summed E-state index contributed by atoms with van der Waals surface area (Å²) in [6.45, 7) is 0. The quantitative estimate of drug-likeness (QED) is 0.629. The topological polar surface area (TPSA) is 32.8 Å². The van der Waals surface area contributed by atoms with Gasteiger partial charge in [-0.2, -0.15) is 0 Å². The van der Waals surface area contributed by atoms with Crippen molar-refractivity contribution in [2.45, 2.75) is 12.0 Å². The lowest BCUT2D eigenvalue weighted by molar-refractivity contribution is -0.154. The standard InChI is InChI=1S/C25H26N2O2/c1-26(2)21-12-10-20(11-13-21)25(19-8-6-5-7-9-19)23-15-14-22(27(3)4)16-18(23)17-24(28)29-25/h5-16H,17H2,1-4H3. The predicted molar refractivity (Wildman–Crippen MR) is 118 cm³/mol. The summed E-state index contributed by atoms with van der Waals surface area (Å²) in [7, 11) is 8.04. The molecule has 4 nitrogen and oxygen atoms in total. The van der Waals surface area contributed by atoms with Crippen LogP contribution in [0.3, 0.4) is 0 Å². The number of hydrogen-bond donors (Lipinski definition) is 0. The molecule has 1 aliphatic rings. The summed E-state index contributed by atoms with van der Waals surface area (Å²) in [4.78, 5) is 16.9. The molecule has 0 saturated heterocycles. The van der Waals surface area contributed by atoms with Crippen LogP contribution in [0.1, 0.15) is 22.3 Å². The molecule has 3 aromatic carbocycles. The summed E-state index contributed by atoms with van der Waals surface area (Å²) in [5, 5.41) is 0. The average Bonchev–Trinajstić information content (AvgIpc) is 2.73. The van der Waals surface area contributed by atoms with Gasteiger partial charge in [0.1, 0.15) is 0 Å². The number of carbonyl (C=O) groups is 1. The van der Waals surface area contributed by atoms with Gasteiger partial charge in [-0.15, -0.1) is 0 Å². The van der Waals surface area contributed by atoms with Gasteiger partial charge in [0.2, 0.25) is 0 Å². The zero-order valence-corrected chi connectivity index (χ0v) is 17.3. The van der Waals surface area contributed by atoms with E-state index in [1.807, 2.05) is 58.5 Å². The van der Waals surface area contributed by atoms with Crippen molar-refractivity contribution in [3.05, 3.63) is 95.1 Å². The van der Waals surface area contributed by atoms with Gasteiger partial charge in [0.15, 0.2) is 5.60 Å². The molecule has 1 atom stereocenters. The van der Waals surface area contributed by atoms with Crippen molar-refractivity contribution < 1.29 is 9.53 Å². The minimum Gasteiger partial charge on any atom is -0.444 e. The largest absolute Gasteiger partial charge is 0.444 e. The summed E-state index contributed by atoms with van der Waals surface area (Å²) < 4.78 is 6.21. The Morgan fingerprint density at radius 3 is 1.97 bits per heavy atom. The molecule has 0 fully saturated rings. The van der Waals surface area contributed by atoms with Crippen molar-refractivity contribution in [2.75, 3.05) is 38.0 Å². The molecule has 0 N–H and O–H groups in total. The fraction of sp³-hybridized carbons (Fsp3) is 0.240. The summed E-state index contributed by atoms with van der Waals surface area (Å²) in [5.41, 5.74) is 5.14. The number of hydrogen-bond acceptors (Lipinski definition) is 4. The van der Waals surface area contributed by atoms with Crippen LogP contribution in [-0.4, -0.2) is 34.2 Å². The molecule has 3 aromatic rings. The Bertz CT molecular complexity index is 1030. The average molecular weight is 386 g/mol. The number of cyclic esters (lactones) is 1. The smallest absolute Gasteiger partial charge is 0.311 e. The molecule has 0 bridgehead atoms. The molecule has 0 spiro atoms. The highest BCUT2D eigenvalue weighted by molar-refractivity contribution is 5.79. The highest BCUT2D eigenvalue weighted by Crippen LogP contribution is 2.45. The summed E-state index contributed by atoms with van der Waals surface area (Å²) in [6.07, 6.45) is 0.279. The Morgan fingerprint density at radius 2 is 1.34 bits per heavy atom. The van der Waals surface area contributed by atoms with Gasteiger partial charge in [0, 0.05) is 56.3 Å². The summed E-state index contributed by atoms with van der Waals surface area (Å²) in [6, 6.07) is 24.6. The highest BCUT2D eigenvalue weighted by Gasteiger charge is 2.45. The maximum absolute atomic E-state index is 12.8. The van der Waals surface area contributed by atoms with Gasteiger partial charge in [-0.3, -0.25) is 4.79 Å². The number of esters is 1. The molecular weight excluding hydrogens is 360 g/mol. The Kier molecular flexibility index (Phi) is 4.79. The Hall–Kier alpha value is -3.27. The number of carbonyl (C=O) groups excluding carboxylic acids is 1. The highest BCUT2D eigenvalue weighted by atomic mass is 16.6. The third kappa shape index (κ3) is 3.25. The molecule has 0 saturated carbocycles. The van der Waals surface area contributed by atoms with Crippen molar-refractivity contribution >= 4 is 17.3 Å². The van der Waals surface area contributed by atoms with Crippen LogP contribution in [0.5, 0.6) is 0 Å². The van der Waals surface area contributed by atoms with E-state index in [1.54, 1.807) is 0 Å². The molecule has 0 aliphatic carbocycles. The lowest BCUT2D eigenvalue weighted by Gasteiger charge is -2.40. The maximum atomic E-state index is 12.8. The minimum absolute atomic E-state index is 0.214. The van der Waals surface area contributed by atoms with E-state index in [-0.39, 0.29) is 12.4 Å². The van der Waals surface area contributed by atoms with E-state index < -0.39 is 5.60 Å². The molecule has 4 heteroatoms. The van der Waals surface area contributed by atoms with Crippen LogP contribution >= 0.6 is 0 Å². The molecule has 0 amide bonds. The number of nitrogens with zero attached hydrogens (tertiary/aromatic N) is 2. The first-order valence-electron chi connectivity index (χ1n) is 9.78. The molecule has 29 heavy (non-hydrogen) atoms. The van der Waals surface area contributed by atoms with E-state index in [0.717, 1.165) is 33.6 Å². The maximum Gasteiger partial charge on any atom is 0.311 e. The lowest BCUT2D eigenvalue weighted by Crippen LogP contribution is -2.40. The molecule has 1 unspecified atom stereocenters. The van der Waals surface area contributed by atoms with Crippen molar-refractivity contribution in [1.82, 2.24) is 0 Å². The van der Waals surface area contributed by atoms with Gasteiger partial charge in [-0.1, -0.05) is 48.5 Å². The number of fused-ring (bicyclic) bond motifs is 1. The second-order valence-electron chi connectivity index (χ2n) is 7.88. The van der Waals surface area contributed by atoms with E-state index in [9.17, 15) is 4.79 Å². The lowest BCUT2D eigenvalue weighted by atomic mass is 9.76. The monoisotopic (exact) mass is 386 g/mol. The fourth-order valence-electron chi connectivity index (χ4n) is 4.03. The van der Waals surface area contributed by atoms with Gasteiger partial charge in [-0.25, -0.2) is 0 Å². The first-order chi connectivity index (χ1) is 13.9. The molecule has 1 heterocycles. The van der Waals surface area contributed by atoms with E-state index in [2.05, 4.69) is 52.3 Å². The van der Waals surface area contributed by atoms with E-state index in [4.69, 9.17) is 4.74 Å². The summed E-state index contributed by atoms with van der Waals surface area (Å²) >= 11 is 0. The second-order valence-corrected chi connectivity index (χ2v) is 7.88. The third-order valence-electron chi connectivity index (χ3n) is 5.56. The zero-order valence-electron chi connectivity index (χ0n) is 17.3. The molecule has 0 radical (unpaired) electrons. The van der Waals surface area contributed by atoms with E-state index >= 15 is 0 Å². The number of anilines is 2. The van der Waals surface area contributed by atoms with Crippen molar-refractivity contribution in [3.63, 3.8) is 0 Å². The van der Waals surface area contributed by atoms with Crippen LogP contribution in [0, 0.1) is 0 Å². The van der Waals surface area contributed by atoms with Gasteiger partial charge in [-0.05, 0) is 29.8 Å². The van der Waals surface area contributed by atoms with Crippen LogP contribution < -0.4 is 9.80 Å². The van der Waals surface area contributed by atoms with Crippen molar-refractivity contribution in [3.8, 4) is 0 Å². The van der Waals surface area contributed by atoms with E-state index in [0.29, 0.717) is 0 Å². The van der Waals surface area contributed by atoms with Crippen LogP contribution in [0.15, 0.2) is 72.8 Å². The predicted octanol–water partition coefficient (Wildman–Crippen LogP) is 4.21. The van der Waals surface area contributed by atoms with Gasteiger partial charge in [0.05, 0.1) is 6.42 Å². The minimum atomic E-state index is -0.957.